The van der Waals surface area contributed by atoms with Crippen molar-refractivity contribution in [3.05, 3.63) is 45.7 Å². The van der Waals surface area contributed by atoms with Crippen LogP contribution >= 0.6 is 0 Å². The summed E-state index contributed by atoms with van der Waals surface area (Å²) in [4.78, 5) is 42.8. The first kappa shape index (κ1) is 27.0. The molecule has 208 valence electrons. The molecule has 0 heterocycles. The van der Waals surface area contributed by atoms with Gasteiger partial charge in [-0.3, -0.25) is 19.3 Å². The van der Waals surface area contributed by atoms with Crippen molar-refractivity contribution in [2.75, 3.05) is 33.1 Å². The second-order valence-corrected chi connectivity index (χ2v) is 11.5. The highest BCUT2D eigenvalue weighted by atomic mass is 16.3. The third-order valence-corrected chi connectivity index (χ3v) is 8.82. The van der Waals surface area contributed by atoms with Gasteiger partial charge in [-0.05, 0) is 75.7 Å². The van der Waals surface area contributed by atoms with Gasteiger partial charge >= 0.3 is 0 Å². The van der Waals surface area contributed by atoms with Crippen molar-refractivity contribution in [3.63, 3.8) is 0 Å². The van der Waals surface area contributed by atoms with Crippen LogP contribution in [0.15, 0.2) is 29.0 Å². The predicted molar refractivity (Wildman–Crippen MR) is 145 cm³/mol. The number of carbonyl (C=O) groups excluding carboxylic acids is 3. The average molecular weight is 538 g/mol. The SMILES string of the molecule is CN(C)c1cc(C2=CCCCC2)c(O)c2c1CC1CC3[C@H](N(C)C)C(=O)C(C(N)=O)=C(O)[C@@]3(O)C(=O)C1=C2O. The first-order valence-electron chi connectivity index (χ1n) is 13.2. The Morgan fingerprint density at radius 3 is 2.36 bits per heavy atom. The second kappa shape index (κ2) is 9.24. The van der Waals surface area contributed by atoms with Gasteiger partial charge in [0, 0.05) is 36.8 Å². The van der Waals surface area contributed by atoms with Crippen molar-refractivity contribution in [2.45, 2.75) is 50.2 Å². The van der Waals surface area contributed by atoms with Crippen molar-refractivity contribution in [1.82, 2.24) is 4.90 Å². The summed E-state index contributed by atoms with van der Waals surface area (Å²) >= 11 is 0. The van der Waals surface area contributed by atoms with Gasteiger partial charge in [-0.2, -0.15) is 0 Å². The number of carbonyl (C=O) groups is 3. The van der Waals surface area contributed by atoms with Crippen LogP contribution in [0.3, 0.4) is 0 Å². The van der Waals surface area contributed by atoms with E-state index < -0.39 is 58.0 Å². The van der Waals surface area contributed by atoms with Crippen LogP contribution in [0.5, 0.6) is 5.75 Å². The molecule has 2 unspecified atom stereocenters. The van der Waals surface area contributed by atoms with E-state index in [0.29, 0.717) is 11.1 Å². The number of phenolic OH excluding ortho intramolecular Hbond substituents is 1. The van der Waals surface area contributed by atoms with Gasteiger partial charge in [0.25, 0.3) is 5.91 Å². The van der Waals surface area contributed by atoms with Crippen molar-refractivity contribution in [2.24, 2.45) is 17.6 Å². The minimum Gasteiger partial charge on any atom is -0.508 e. The number of anilines is 1. The summed E-state index contributed by atoms with van der Waals surface area (Å²) in [5.74, 6) is -6.42. The number of amides is 1. The van der Waals surface area contributed by atoms with E-state index in [-0.39, 0.29) is 29.7 Å². The molecule has 1 fully saturated rings. The number of aliphatic hydroxyl groups is 3. The number of nitrogens with two attached hydrogens (primary N) is 1. The molecule has 0 aliphatic heterocycles. The number of fused-ring (bicyclic) bond motifs is 3. The smallest absolute Gasteiger partial charge is 0.255 e. The van der Waals surface area contributed by atoms with Gasteiger partial charge in [0.15, 0.2) is 11.4 Å². The molecule has 1 aromatic rings. The molecular weight excluding hydrogens is 502 g/mol. The summed E-state index contributed by atoms with van der Waals surface area (Å²) in [5, 5.41) is 45.9. The Bertz CT molecular complexity index is 1400. The molecule has 10 heteroatoms. The number of likely N-dealkylation sites (N-methyl/N-ethyl adjacent to an activating group) is 1. The first-order chi connectivity index (χ1) is 18.3. The van der Waals surface area contributed by atoms with E-state index in [9.17, 15) is 34.8 Å². The Morgan fingerprint density at radius 1 is 1.10 bits per heavy atom. The predicted octanol–water partition coefficient (Wildman–Crippen LogP) is 1.99. The number of hydrogen-bond donors (Lipinski definition) is 5. The summed E-state index contributed by atoms with van der Waals surface area (Å²) in [7, 11) is 6.89. The first-order valence-corrected chi connectivity index (χ1v) is 13.2. The minimum atomic E-state index is -2.64. The Kier molecular flexibility index (Phi) is 6.38. The third kappa shape index (κ3) is 3.72. The summed E-state index contributed by atoms with van der Waals surface area (Å²) < 4.78 is 0. The number of primary amides is 1. The largest absolute Gasteiger partial charge is 0.508 e. The molecule has 5 rings (SSSR count). The maximum atomic E-state index is 14.1. The molecule has 0 radical (unpaired) electrons. The van der Waals surface area contributed by atoms with Gasteiger partial charge in [0.05, 0.1) is 11.6 Å². The number of benzene rings is 1. The fourth-order valence-electron chi connectivity index (χ4n) is 7.02. The van der Waals surface area contributed by atoms with Crippen LogP contribution in [0.25, 0.3) is 11.3 Å². The Hall–Kier alpha value is -3.63. The maximum absolute atomic E-state index is 14.1. The fourth-order valence-corrected chi connectivity index (χ4v) is 7.02. The zero-order valence-electron chi connectivity index (χ0n) is 22.6. The monoisotopic (exact) mass is 537 g/mol. The highest BCUT2D eigenvalue weighted by Crippen LogP contribution is 2.54. The van der Waals surface area contributed by atoms with Gasteiger partial charge in [-0.15, -0.1) is 0 Å². The summed E-state index contributed by atoms with van der Waals surface area (Å²) in [5.41, 5.74) is 4.89. The van der Waals surface area contributed by atoms with Crippen molar-refractivity contribution in [3.8, 4) is 5.75 Å². The number of hydrogen-bond acceptors (Lipinski definition) is 9. The standard InChI is InChI=1S/C29H35N3O7/c1-31(2)18-12-15(13-8-6-5-7-9-13)23(33)20-16(18)10-14-11-17-22(32(3)4)25(35)21(28(30)38)27(37)29(17,39)26(36)19(14)24(20)34/h8,12,14,17,22,33-34,37,39H,5-7,9-11H2,1-4H3,(H2,30,38)/t14?,17?,22-,29-/m0/s1. The van der Waals surface area contributed by atoms with Crippen LogP contribution in [0.1, 0.15) is 48.8 Å². The molecule has 0 aromatic heterocycles. The van der Waals surface area contributed by atoms with E-state index in [0.717, 1.165) is 36.9 Å². The van der Waals surface area contributed by atoms with E-state index >= 15 is 0 Å². The second-order valence-electron chi connectivity index (χ2n) is 11.5. The minimum absolute atomic E-state index is 0.0618. The number of aliphatic hydroxyl groups excluding tert-OH is 2. The van der Waals surface area contributed by atoms with Crippen LogP contribution in [0.2, 0.25) is 0 Å². The Balaban J connectivity index is 1.76. The lowest BCUT2D eigenvalue weighted by Gasteiger charge is -2.50. The number of phenols is 1. The maximum Gasteiger partial charge on any atom is 0.255 e. The topological polar surface area (TPSA) is 165 Å². The number of allylic oxidation sites excluding steroid dienone is 2. The summed E-state index contributed by atoms with van der Waals surface area (Å²) in [6, 6.07) is 0.801. The van der Waals surface area contributed by atoms with Crippen molar-refractivity contribution >= 4 is 34.5 Å². The van der Waals surface area contributed by atoms with E-state index in [1.54, 1.807) is 14.1 Å². The quantitative estimate of drug-likeness (QED) is 0.361. The lowest BCUT2D eigenvalue weighted by molar-refractivity contribution is -0.153. The molecule has 39 heavy (non-hydrogen) atoms. The molecule has 10 nitrogen and oxygen atoms in total. The van der Waals surface area contributed by atoms with E-state index in [1.807, 2.05) is 25.1 Å². The van der Waals surface area contributed by atoms with Crippen molar-refractivity contribution < 1.29 is 34.8 Å². The average Bonchev–Trinajstić information content (AvgIpc) is 2.86. The molecule has 4 atom stereocenters. The van der Waals surface area contributed by atoms with Gasteiger partial charge in [0.2, 0.25) is 5.78 Å². The molecule has 0 bridgehead atoms. The van der Waals surface area contributed by atoms with Crippen LogP contribution in [-0.2, 0) is 20.8 Å². The van der Waals surface area contributed by atoms with Gasteiger partial charge in [0.1, 0.15) is 22.8 Å². The van der Waals surface area contributed by atoms with Crippen LogP contribution in [0, 0.1) is 11.8 Å². The lowest BCUT2D eigenvalue weighted by Crippen LogP contribution is -2.65. The number of rotatable bonds is 4. The Labute approximate surface area is 226 Å². The number of nitrogens with zero attached hydrogens (tertiary/aromatic N) is 2. The van der Waals surface area contributed by atoms with Crippen LogP contribution < -0.4 is 10.6 Å². The highest BCUT2D eigenvalue weighted by Gasteiger charge is 2.64. The molecule has 1 saturated carbocycles. The molecule has 1 aromatic carbocycles. The summed E-state index contributed by atoms with van der Waals surface area (Å²) in [6.45, 7) is 0. The Morgan fingerprint density at radius 2 is 1.79 bits per heavy atom. The van der Waals surface area contributed by atoms with E-state index in [2.05, 4.69) is 6.08 Å². The van der Waals surface area contributed by atoms with Crippen molar-refractivity contribution in [1.29, 1.82) is 0 Å². The normalized spacial score (nSPS) is 28.7. The molecule has 4 aliphatic carbocycles. The molecule has 0 spiro atoms. The molecule has 0 saturated heterocycles. The number of ketones is 2. The lowest BCUT2D eigenvalue weighted by atomic mass is 9.57. The molecule has 1 amide bonds. The zero-order valence-corrected chi connectivity index (χ0v) is 22.6. The molecular formula is C29H35N3O7. The van der Waals surface area contributed by atoms with E-state index in [1.165, 1.54) is 4.90 Å². The van der Waals surface area contributed by atoms with E-state index in [4.69, 9.17) is 5.73 Å². The third-order valence-electron chi connectivity index (χ3n) is 8.82. The number of aromatic hydroxyl groups is 1. The summed E-state index contributed by atoms with van der Waals surface area (Å²) in [6.07, 6.45) is 6.08. The number of Topliss-reactive ketones (excluding diaryl/α,β-unsaturated/α-hetero) is 2. The van der Waals surface area contributed by atoms with Gasteiger partial charge < -0.3 is 31.1 Å². The molecule has 6 N–H and O–H groups in total. The van der Waals surface area contributed by atoms with Gasteiger partial charge in [-0.1, -0.05) is 6.08 Å². The van der Waals surface area contributed by atoms with Crippen LogP contribution in [0.4, 0.5) is 5.69 Å². The fraction of sp³-hybridized carbons (Fsp3) is 0.483. The van der Waals surface area contributed by atoms with Gasteiger partial charge in [-0.25, -0.2) is 0 Å². The molecule has 4 aliphatic rings. The van der Waals surface area contributed by atoms with Crippen LogP contribution in [-0.4, -0.2) is 82.6 Å². The highest BCUT2D eigenvalue weighted by molar-refractivity contribution is 6.24. The zero-order chi connectivity index (χ0) is 28.5.